The average molecular weight is 590 g/mol. The van der Waals surface area contributed by atoms with E-state index in [-0.39, 0.29) is 22.6 Å². The highest BCUT2D eigenvalue weighted by Crippen LogP contribution is 2.33. The van der Waals surface area contributed by atoms with E-state index in [1.54, 1.807) is 64.5 Å². The van der Waals surface area contributed by atoms with Gasteiger partial charge >= 0.3 is 5.97 Å². The van der Waals surface area contributed by atoms with Gasteiger partial charge in [-0.15, -0.1) is 0 Å². The van der Waals surface area contributed by atoms with Crippen LogP contribution in [0.25, 0.3) is 0 Å². The highest BCUT2D eigenvalue weighted by Gasteiger charge is 2.42. The van der Waals surface area contributed by atoms with E-state index in [9.17, 15) is 19.5 Å². The summed E-state index contributed by atoms with van der Waals surface area (Å²) in [5, 5.41) is 19.4. The van der Waals surface area contributed by atoms with Gasteiger partial charge in [-0.2, -0.15) is 0 Å². The SMILES string of the molecule is COc1ccc(CNc2cc(Nc3cc(C)c4n(c3=O)C(C)(c3cccc(Cl)c3)NC4=O)c(C(=O)O)cn2)c(OC)c1. The fourth-order valence-corrected chi connectivity index (χ4v) is 5.22. The van der Waals surface area contributed by atoms with Gasteiger partial charge in [-0.25, -0.2) is 9.78 Å². The molecule has 2 aromatic heterocycles. The summed E-state index contributed by atoms with van der Waals surface area (Å²) in [6, 6.07) is 15.3. The molecule has 5 rings (SSSR count). The van der Waals surface area contributed by atoms with Crippen LogP contribution in [0, 0.1) is 6.92 Å². The second-order valence-electron chi connectivity index (χ2n) is 9.84. The zero-order valence-corrected chi connectivity index (χ0v) is 24.0. The lowest BCUT2D eigenvalue weighted by molar-refractivity contribution is 0.0697. The van der Waals surface area contributed by atoms with Gasteiger partial charge in [0.15, 0.2) is 0 Å². The van der Waals surface area contributed by atoms with Gasteiger partial charge in [0.25, 0.3) is 11.5 Å². The molecule has 2 aromatic carbocycles. The topological polar surface area (TPSA) is 144 Å². The fraction of sp³-hybridized carbons (Fsp3) is 0.200. The third-order valence-electron chi connectivity index (χ3n) is 7.16. The minimum absolute atomic E-state index is 0.0810. The number of ether oxygens (including phenoxy) is 2. The Morgan fingerprint density at radius 1 is 1.10 bits per heavy atom. The predicted molar refractivity (Wildman–Crippen MR) is 158 cm³/mol. The zero-order chi connectivity index (χ0) is 30.2. The van der Waals surface area contributed by atoms with Crippen LogP contribution in [0.15, 0.2) is 65.6 Å². The van der Waals surface area contributed by atoms with E-state index in [1.807, 2.05) is 6.07 Å². The molecule has 0 bridgehead atoms. The van der Waals surface area contributed by atoms with E-state index in [2.05, 4.69) is 20.9 Å². The van der Waals surface area contributed by atoms with Gasteiger partial charge in [0, 0.05) is 35.5 Å². The lowest BCUT2D eigenvalue weighted by Crippen LogP contribution is -2.46. The van der Waals surface area contributed by atoms with Crippen molar-refractivity contribution in [2.45, 2.75) is 26.1 Å². The Hall–Kier alpha value is -5.03. The second-order valence-corrected chi connectivity index (χ2v) is 10.3. The predicted octanol–water partition coefficient (Wildman–Crippen LogP) is 4.74. The van der Waals surface area contributed by atoms with Gasteiger partial charge in [-0.3, -0.25) is 14.2 Å². The molecule has 1 amide bonds. The number of halogens is 1. The molecule has 216 valence electrons. The number of pyridine rings is 2. The Bertz CT molecular complexity index is 1790. The monoisotopic (exact) mass is 589 g/mol. The molecule has 0 saturated heterocycles. The molecular formula is C30H28ClN5O6. The number of carboxylic acid groups (broad SMARTS) is 1. The Kier molecular flexibility index (Phi) is 7.53. The number of nitrogens with one attached hydrogen (secondary N) is 3. The molecule has 42 heavy (non-hydrogen) atoms. The molecule has 1 aliphatic rings. The van der Waals surface area contributed by atoms with Crippen molar-refractivity contribution in [3.8, 4) is 11.5 Å². The molecule has 4 aromatic rings. The van der Waals surface area contributed by atoms with E-state index in [4.69, 9.17) is 21.1 Å². The van der Waals surface area contributed by atoms with Crippen molar-refractivity contribution in [1.29, 1.82) is 0 Å². The van der Waals surface area contributed by atoms with Crippen LogP contribution in [0.4, 0.5) is 17.2 Å². The highest BCUT2D eigenvalue weighted by atomic mass is 35.5. The van der Waals surface area contributed by atoms with E-state index in [0.717, 1.165) is 5.56 Å². The number of fused-ring (bicyclic) bond motifs is 1. The first kappa shape index (κ1) is 28.5. The van der Waals surface area contributed by atoms with Gasteiger partial charge < -0.3 is 30.5 Å². The van der Waals surface area contributed by atoms with Crippen molar-refractivity contribution >= 4 is 40.7 Å². The summed E-state index contributed by atoms with van der Waals surface area (Å²) in [7, 11) is 3.12. The molecule has 0 fully saturated rings. The third kappa shape index (κ3) is 5.10. The number of anilines is 3. The lowest BCUT2D eigenvalue weighted by atomic mass is 10.0. The highest BCUT2D eigenvalue weighted by molar-refractivity contribution is 6.30. The van der Waals surface area contributed by atoms with Crippen LogP contribution in [-0.2, 0) is 12.2 Å². The second kappa shape index (κ2) is 11.1. The summed E-state index contributed by atoms with van der Waals surface area (Å²) in [5.74, 6) is -0.0275. The number of nitrogens with zero attached hydrogens (tertiary/aromatic N) is 2. The van der Waals surface area contributed by atoms with Crippen molar-refractivity contribution in [3.63, 3.8) is 0 Å². The Balaban J connectivity index is 1.52. The normalized spacial score (nSPS) is 15.5. The largest absolute Gasteiger partial charge is 0.497 e. The first-order valence-electron chi connectivity index (χ1n) is 12.9. The van der Waals surface area contributed by atoms with Gasteiger partial charge in [0.05, 0.1) is 19.9 Å². The summed E-state index contributed by atoms with van der Waals surface area (Å²) >= 11 is 6.22. The molecule has 0 radical (unpaired) electrons. The number of carbonyl (C=O) groups excluding carboxylic acids is 1. The number of benzene rings is 2. The number of methoxy groups -OCH3 is 2. The maximum absolute atomic E-state index is 13.9. The summed E-state index contributed by atoms with van der Waals surface area (Å²) in [6.45, 7) is 3.74. The maximum atomic E-state index is 13.9. The van der Waals surface area contributed by atoms with E-state index >= 15 is 0 Å². The Labute approximate surface area is 246 Å². The average Bonchev–Trinajstić information content (AvgIpc) is 3.26. The molecule has 1 aliphatic heterocycles. The lowest BCUT2D eigenvalue weighted by Gasteiger charge is -2.28. The van der Waals surface area contributed by atoms with Gasteiger partial charge in [0.1, 0.15) is 39.9 Å². The number of hydrogen-bond donors (Lipinski definition) is 4. The standard InChI is InChI=1S/C30H28ClN5O6/c1-16-10-23(28(38)36-26(16)27(37)35-30(36,2)18-6-5-7-19(31)11-18)34-22-13-25(33-15-21(22)29(39)40)32-14-17-8-9-20(41-3)12-24(17)42-4/h5-13,15H,14H2,1-4H3,(H,35,37)(H,39,40)(H2,32,33,34). The molecular weight excluding hydrogens is 562 g/mol. The van der Waals surface area contributed by atoms with E-state index in [1.165, 1.54) is 22.9 Å². The number of hydrogen-bond acceptors (Lipinski definition) is 8. The molecule has 0 spiro atoms. The van der Waals surface area contributed by atoms with Gasteiger partial charge in [-0.05, 0) is 55.3 Å². The smallest absolute Gasteiger partial charge is 0.339 e. The van der Waals surface area contributed by atoms with Crippen LogP contribution in [0.5, 0.6) is 11.5 Å². The van der Waals surface area contributed by atoms with Crippen LogP contribution >= 0.6 is 11.6 Å². The van der Waals surface area contributed by atoms with Crippen molar-refractivity contribution in [2.75, 3.05) is 24.9 Å². The van der Waals surface area contributed by atoms with Crippen molar-refractivity contribution < 1.29 is 24.2 Å². The van der Waals surface area contributed by atoms with Crippen molar-refractivity contribution in [2.24, 2.45) is 0 Å². The number of aromatic nitrogens is 2. The first-order valence-corrected chi connectivity index (χ1v) is 13.2. The Morgan fingerprint density at radius 2 is 1.88 bits per heavy atom. The number of carboxylic acids is 1. The first-order chi connectivity index (χ1) is 20.0. The minimum atomic E-state index is -1.23. The number of amides is 1. The van der Waals surface area contributed by atoms with E-state index in [0.29, 0.717) is 40.0 Å². The number of carbonyl (C=O) groups is 2. The van der Waals surface area contributed by atoms with Gasteiger partial charge in [0.2, 0.25) is 0 Å². The molecule has 0 saturated carbocycles. The molecule has 1 unspecified atom stereocenters. The molecule has 3 heterocycles. The summed E-state index contributed by atoms with van der Waals surface area (Å²) in [4.78, 5) is 43.2. The number of aromatic carboxylic acids is 1. The minimum Gasteiger partial charge on any atom is -0.497 e. The summed E-state index contributed by atoms with van der Waals surface area (Å²) < 4.78 is 12.1. The van der Waals surface area contributed by atoms with E-state index < -0.39 is 23.1 Å². The Morgan fingerprint density at radius 3 is 2.57 bits per heavy atom. The van der Waals surface area contributed by atoms with Crippen LogP contribution < -0.4 is 31.0 Å². The maximum Gasteiger partial charge on any atom is 0.339 e. The van der Waals surface area contributed by atoms with Gasteiger partial charge in [-0.1, -0.05) is 23.7 Å². The quantitative estimate of drug-likeness (QED) is 0.217. The van der Waals surface area contributed by atoms with Crippen molar-refractivity contribution in [1.82, 2.24) is 14.9 Å². The van der Waals surface area contributed by atoms with Crippen LogP contribution in [0.1, 0.15) is 44.5 Å². The zero-order valence-electron chi connectivity index (χ0n) is 23.2. The summed E-state index contributed by atoms with van der Waals surface area (Å²) in [5.41, 5.74) is 0.484. The molecule has 0 aliphatic carbocycles. The van der Waals surface area contributed by atoms with Crippen LogP contribution in [-0.4, -0.2) is 40.8 Å². The molecule has 12 heteroatoms. The molecule has 4 N–H and O–H groups in total. The fourth-order valence-electron chi connectivity index (χ4n) is 5.03. The molecule has 11 nitrogen and oxygen atoms in total. The van der Waals surface area contributed by atoms with Crippen LogP contribution in [0.3, 0.4) is 0 Å². The number of aryl methyl sites for hydroxylation is 1. The molecule has 1 atom stereocenters. The third-order valence-corrected chi connectivity index (χ3v) is 7.39. The van der Waals surface area contributed by atoms with Crippen molar-refractivity contribution in [3.05, 3.63) is 104 Å². The number of rotatable bonds is 9. The summed E-state index contributed by atoms with van der Waals surface area (Å²) in [6.07, 6.45) is 1.21. The van der Waals surface area contributed by atoms with Crippen LogP contribution in [0.2, 0.25) is 5.02 Å².